The van der Waals surface area contributed by atoms with E-state index in [1.807, 2.05) is 6.92 Å². The number of aryl methyl sites for hydroxylation is 1. The van der Waals surface area contributed by atoms with E-state index in [0.717, 1.165) is 36.7 Å². The smallest absolute Gasteiger partial charge is 0.228 e. The maximum absolute atomic E-state index is 5.60. The highest BCUT2D eigenvalue weighted by Crippen LogP contribution is 2.48. The number of anilines is 1. The molecule has 1 aliphatic carbocycles. The lowest BCUT2D eigenvalue weighted by atomic mass is 9.78. The molecule has 1 atom stereocenters. The molecule has 0 radical (unpaired) electrons. The minimum absolute atomic E-state index is 0.477. The third kappa shape index (κ3) is 3.59. The number of nitrogens with zero attached hydrogens (tertiary/aromatic N) is 5. The van der Waals surface area contributed by atoms with Crippen LogP contribution in [0.3, 0.4) is 0 Å². The SMILES string of the molecule is COc1ccccc1C1CCN([C@@H]2CCC3(C2)CN(c2ncnc(C)n2)C3)CC1. The van der Waals surface area contributed by atoms with Gasteiger partial charge in [0.1, 0.15) is 17.9 Å². The van der Waals surface area contributed by atoms with Crippen LogP contribution in [0.1, 0.15) is 49.4 Å². The number of rotatable bonds is 4. The Morgan fingerprint density at radius 3 is 2.62 bits per heavy atom. The van der Waals surface area contributed by atoms with Crippen molar-refractivity contribution in [1.29, 1.82) is 0 Å². The molecule has 1 saturated carbocycles. The molecule has 29 heavy (non-hydrogen) atoms. The van der Waals surface area contributed by atoms with E-state index in [-0.39, 0.29) is 0 Å². The Morgan fingerprint density at radius 1 is 1.07 bits per heavy atom. The van der Waals surface area contributed by atoms with Gasteiger partial charge in [0, 0.05) is 24.5 Å². The van der Waals surface area contributed by atoms with E-state index in [1.165, 1.54) is 50.8 Å². The lowest BCUT2D eigenvalue weighted by molar-refractivity contribution is 0.131. The maximum Gasteiger partial charge on any atom is 0.228 e. The zero-order valence-electron chi connectivity index (χ0n) is 17.5. The minimum Gasteiger partial charge on any atom is -0.496 e. The van der Waals surface area contributed by atoms with Gasteiger partial charge in [-0.2, -0.15) is 4.98 Å². The molecule has 1 spiro atoms. The quantitative estimate of drug-likeness (QED) is 0.793. The second kappa shape index (κ2) is 7.56. The molecule has 1 aromatic heterocycles. The van der Waals surface area contributed by atoms with Crippen molar-refractivity contribution in [3.05, 3.63) is 42.0 Å². The van der Waals surface area contributed by atoms with E-state index >= 15 is 0 Å². The van der Waals surface area contributed by atoms with Gasteiger partial charge < -0.3 is 14.5 Å². The summed E-state index contributed by atoms with van der Waals surface area (Å²) in [6.07, 6.45) is 8.10. The van der Waals surface area contributed by atoms with Gasteiger partial charge in [0.25, 0.3) is 0 Å². The summed E-state index contributed by atoms with van der Waals surface area (Å²) in [4.78, 5) is 18.1. The van der Waals surface area contributed by atoms with Gasteiger partial charge in [-0.05, 0) is 69.7 Å². The zero-order chi connectivity index (χ0) is 19.8. The van der Waals surface area contributed by atoms with Crippen molar-refractivity contribution in [2.45, 2.75) is 51.0 Å². The van der Waals surface area contributed by atoms with Crippen LogP contribution in [0, 0.1) is 12.3 Å². The van der Waals surface area contributed by atoms with Gasteiger partial charge in [0.15, 0.2) is 0 Å². The Kier molecular flexibility index (Phi) is 4.90. The first-order valence-corrected chi connectivity index (χ1v) is 10.9. The van der Waals surface area contributed by atoms with Gasteiger partial charge in [-0.15, -0.1) is 0 Å². The fourth-order valence-corrected chi connectivity index (χ4v) is 5.78. The van der Waals surface area contributed by atoms with Gasteiger partial charge in [-0.3, -0.25) is 0 Å². The second-order valence-electron chi connectivity index (χ2n) is 9.14. The first-order valence-electron chi connectivity index (χ1n) is 10.9. The van der Waals surface area contributed by atoms with Gasteiger partial charge in [0.2, 0.25) is 5.95 Å². The lowest BCUT2D eigenvalue weighted by Gasteiger charge is -2.49. The molecule has 1 aromatic carbocycles. The molecule has 2 aromatic rings. The molecule has 2 aliphatic heterocycles. The minimum atomic E-state index is 0.477. The van der Waals surface area contributed by atoms with Crippen LogP contribution in [-0.2, 0) is 0 Å². The highest BCUT2D eigenvalue weighted by molar-refractivity contribution is 5.37. The Bertz CT molecular complexity index is 858. The fraction of sp³-hybridized carbons (Fsp3) is 0.609. The number of hydrogen-bond acceptors (Lipinski definition) is 6. The third-order valence-corrected chi connectivity index (χ3v) is 7.32. The fourth-order valence-electron chi connectivity index (χ4n) is 5.78. The van der Waals surface area contributed by atoms with Crippen LogP contribution in [0.15, 0.2) is 30.6 Å². The average molecular weight is 394 g/mol. The largest absolute Gasteiger partial charge is 0.496 e. The standard InChI is InChI=1S/C23H31N5O/c1-17-24-16-25-22(26-17)28-14-23(15-28)10-7-19(13-23)27-11-8-18(9-12-27)20-5-3-4-6-21(20)29-2/h3-6,16,18-19H,7-15H2,1-2H3/t19-/m1/s1. The van der Waals surface area contributed by atoms with Crippen molar-refractivity contribution in [3.63, 3.8) is 0 Å². The van der Waals surface area contributed by atoms with E-state index < -0.39 is 0 Å². The van der Waals surface area contributed by atoms with Crippen molar-refractivity contribution in [2.75, 3.05) is 38.2 Å². The molecule has 3 fully saturated rings. The van der Waals surface area contributed by atoms with E-state index in [9.17, 15) is 0 Å². The topological polar surface area (TPSA) is 54.4 Å². The van der Waals surface area contributed by atoms with Crippen LogP contribution in [0.2, 0.25) is 0 Å². The number of likely N-dealkylation sites (tertiary alicyclic amines) is 1. The molecule has 6 nitrogen and oxygen atoms in total. The molecular formula is C23H31N5O. The zero-order valence-corrected chi connectivity index (χ0v) is 17.5. The molecule has 0 N–H and O–H groups in total. The number of ether oxygens (including phenoxy) is 1. The Morgan fingerprint density at radius 2 is 1.86 bits per heavy atom. The normalized spacial score (nSPS) is 24.6. The van der Waals surface area contributed by atoms with Crippen LogP contribution >= 0.6 is 0 Å². The van der Waals surface area contributed by atoms with Crippen LogP contribution in [0.4, 0.5) is 5.95 Å². The predicted molar refractivity (Wildman–Crippen MR) is 113 cm³/mol. The van der Waals surface area contributed by atoms with Gasteiger partial charge in [-0.1, -0.05) is 18.2 Å². The van der Waals surface area contributed by atoms with Gasteiger partial charge in [-0.25, -0.2) is 9.97 Å². The summed E-state index contributed by atoms with van der Waals surface area (Å²) in [5, 5.41) is 0. The predicted octanol–water partition coefficient (Wildman–Crippen LogP) is 3.43. The monoisotopic (exact) mass is 393 g/mol. The molecule has 3 heterocycles. The summed E-state index contributed by atoms with van der Waals surface area (Å²) in [5.74, 6) is 3.33. The molecule has 2 saturated heterocycles. The number of piperidine rings is 1. The highest BCUT2D eigenvalue weighted by Gasteiger charge is 2.50. The number of aromatic nitrogens is 3. The number of hydrogen-bond donors (Lipinski definition) is 0. The summed E-state index contributed by atoms with van der Waals surface area (Å²) in [6, 6.07) is 9.29. The molecular weight excluding hydrogens is 362 g/mol. The Labute approximate surface area is 173 Å². The number of methoxy groups -OCH3 is 1. The number of para-hydroxylation sites is 1. The van der Waals surface area contributed by atoms with E-state index in [2.05, 4.69) is 49.0 Å². The van der Waals surface area contributed by atoms with Gasteiger partial charge in [0.05, 0.1) is 7.11 Å². The molecule has 154 valence electrons. The molecule has 3 aliphatic rings. The molecule has 0 unspecified atom stereocenters. The summed E-state index contributed by atoms with van der Waals surface area (Å²) >= 11 is 0. The van der Waals surface area contributed by atoms with Crippen molar-refractivity contribution in [2.24, 2.45) is 5.41 Å². The number of benzene rings is 1. The highest BCUT2D eigenvalue weighted by atomic mass is 16.5. The second-order valence-corrected chi connectivity index (χ2v) is 9.14. The molecule has 0 bridgehead atoms. The summed E-state index contributed by atoms with van der Waals surface area (Å²) in [5.41, 5.74) is 1.87. The van der Waals surface area contributed by atoms with Crippen molar-refractivity contribution in [1.82, 2.24) is 19.9 Å². The van der Waals surface area contributed by atoms with E-state index in [1.54, 1.807) is 13.4 Å². The summed E-state index contributed by atoms with van der Waals surface area (Å²) < 4.78 is 5.60. The summed E-state index contributed by atoms with van der Waals surface area (Å²) in [6.45, 7) is 6.55. The van der Waals surface area contributed by atoms with Crippen LogP contribution in [-0.4, -0.2) is 59.2 Å². The van der Waals surface area contributed by atoms with Crippen LogP contribution in [0.5, 0.6) is 5.75 Å². The first kappa shape index (κ1) is 18.8. The van der Waals surface area contributed by atoms with Gasteiger partial charge >= 0.3 is 0 Å². The van der Waals surface area contributed by atoms with Crippen LogP contribution < -0.4 is 9.64 Å². The maximum atomic E-state index is 5.60. The van der Waals surface area contributed by atoms with E-state index in [4.69, 9.17) is 4.74 Å². The Hall–Kier alpha value is -2.21. The lowest BCUT2D eigenvalue weighted by Crippen LogP contribution is -2.56. The van der Waals surface area contributed by atoms with Crippen LogP contribution in [0.25, 0.3) is 0 Å². The molecule has 5 rings (SSSR count). The Balaban J connectivity index is 1.15. The third-order valence-electron chi connectivity index (χ3n) is 7.32. The van der Waals surface area contributed by atoms with Crippen molar-refractivity contribution < 1.29 is 4.74 Å². The average Bonchev–Trinajstić information content (AvgIpc) is 3.19. The van der Waals surface area contributed by atoms with Crippen molar-refractivity contribution in [3.8, 4) is 5.75 Å². The molecule has 0 amide bonds. The first-order chi connectivity index (χ1) is 14.2. The summed E-state index contributed by atoms with van der Waals surface area (Å²) in [7, 11) is 1.78. The van der Waals surface area contributed by atoms with E-state index in [0.29, 0.717) is 11.3 Å². The van der Waals surface area contributed by atoms with Crippen molar-refractivity contribution >= 4 is 5.95 Å². The molecule has 6 heteroatoms.